The van der Waals surface area contributed by atoms with E-state index in [9.17, 15) is 9.59 Å². The van der Waals surface area contributed by atoms with Gasteiger partial charge >= 0.3 is 0 Å². The first-order valence-electron chi connectivity index (χ1n) is 13.6. The van der Waals surface area contributed by atoms with E-state index in [2.05, 4.69) is 15.5 Å². The number of hydrogen-bond acceptors (Lipinski definition) is 4. The molecule has 6 heteroatoms. The van der Waals surface area contributed by atoms with Crippen molar-refractivity contribution in [2.75, 3.05) is 43.1 Å². The summed E-state index contributed by atoms with van der Waals surface area (Å²) in [6, 6.07) is 5.93. The van der Waals surface area contributed by atoms with Crippen LogP contribution in [0.25, 0.3) is 0 Å². The van der Waals surface area contributed by atoms with Crippen LogP contribution < -0.4 is 15.5 Å². The van der Waals surface area contributed by atoms with E-state index in [-0.39, 0.29) is 17.2 Å². The molecule has 1 heterocycles. The van der Waals surface area contributed by atoms with E-state index in [1.165, 1.54) is 25.7 Å². The number of piperidine rings is 1. The highest BCUT2D eigenvalue weighted by molar-refractivity contribution is 6.02. The van der Waals surface area contributed by atoms with Crippen molar-refractivity contribution in [1.82, 2.24) is 5.32 Å². The lowest BCUT2D eigenvalue weighted by Gasteiger charge is -2.55. The molecule has 5 fully saturated rings. The summed E-state index contributed by atoms with van der Waals surface area (Å²) < 4.78 is 5.40. The van der Waals surface area contributed by atoms with Crippen LogP contribution in [0, 0.1) is 23.2 Å². The largest absolute Gasteiger partial charge is 0.382 e. The van der Waals surface area contributed by atoms with Crippen molar-refractivity contribution < 1.29 is 14.3 Å². The average molecular weight is 468 g/mol. The molecule has 1 aromatic rings. The first-order valence-corrected chi connectivity index (χ1v) is 13.6. The average Bonchev–Trinajstić information content (AvgIpc) is 2.83. The van der Waals surface area contributed by atoms with Crippen LogP contribution in [0.15, 0.2) is 18.2 Å². The van der Waals surface area contributed by atoms with Gasteiger partial charge in [-0.25, -0.2) is 0 Å². The number of hydrogen-bond donors (Lipinski definition) is 2. The SMILES string of the molecule is CCOCCCNC(=O)c1cc(NC(=O)C23CC4CC(CC(C4)C2)C3)ccc1N1CCCCC1. The van der Waals surface area contributed by atoms with Gasteiger partial charge in [-0.05, 0) is 107 Å². The molecule has 0 radical (unpaired) electrons. The standard InChI is InChI=1S/C28H41N3O3/c1-2-34-12-6-9-29-26(32)24-16-23(7-8-25(24)31-10-4-3-5-11-31)30-27(33)28-17-20-13-21(18-28)15-22(14-20)19-28/h7-8,16,20-22H,2-6,9-15,17-19H2,1H3,(H,29,32)(H,30,33). The molecular formula is C28H41N3O3. The summed E-state index contributed by atoms with van der Waals surface area (Å²) in [7, 11) is 0. The predicted octanol–water partition coefficient (Wildman–Crippen LogP) is 4.99. The number of nitrogens with one attached hydrogen (secondary N) is 2. The smallest absolute Gasteiger partial charge is 0.253 e. The van der Waals surface area contributed by atoms with Crippen LogP contribution >= 0.6 is 0 Å². The third-order valence-electron chi connectivity index (χ3n) is 8.67. The highest BCUT2D eigenvalue weighted by atomic mass is 16.5. The number of carbonyl (C=O) groups excluding carboxylic acids is 2. The van der Waals surface area contributed by atoms with Gasteiger partial charge in [0.25, 0.3) is 5.91 Å². The van der Waals surface area contributed by atoms with Crippen molar-refractivity contribution >= 4 is 23.2 Å². The number of ether oxygens (including phenoxy) is 1. The Hall–Kier alpha value is -2.08. The van der Waals surface area contributed by atoms with Crippen molar-refractivity contribution in [3.8, 4) is 0 Å². The molecule has 4 bridgehead atoms. The third kappa shape index (κ3) is 4.98. The zero-order chi connectivity index (χ0) is 23.5. The molecular weight excluding hydrogens is 426 g/mol. The minimum atomic E-state index is -0.192. The molecule has 186 valence electrons. The Morgan fingerprint density at radius 2 is 1.71 bits per heavy atom. The number of rotatable bonds is 9. The second-order valence-electron chi connectivity index (χ2n) is 11.2. The lowest BCUT2D eigenvalue weighted by atomic mass is 9.49. The van der Waals surface area contributed by atoms with E-state index < -0.39 is 0 Å². The van der Waals surface area contributed by atoms with Crippen LogP contribution in [0.1, 0.15) is 81.5 Å². The van der Waals surface area contributed by atoms with Gasteiger partial charge in [0.15, 0.2) is 0 Å². The van der Waals surface area contributed by atoms with E-state index in [0.29, 0.717) is 25.3 Å². The lowest BCUT2D eigenvalue weighted by molar-refractivity contribution is -0.140. The first kappa shape index (κ1) is 23.7. The molecule has 6 rings (SSSR count). The van der Waals surface area contributed by atoms with E-state index in [0.717, 1.165) is 80.7 Å². The maximum absolute atomic E-state index is 13.6. The van der Waals surface area contributed by atoms with Crippen molar-refractivity contribution in [3.05, 3.63) is 23.8 Å². The minimum Gasteiger partial charge on any atom is -0.382 e. The third-order valence-corrected chi connectivity index (χ3v) is 8.67. The number of carbonyl (C=O) groups is 2. The van der Waals surface area contributed by atoms with Gasteiger partial charge in [0.1, 0.15) is 0 Å². The van der Waals surface area contributed by atoms with Crippen molar-refractivity contribution in [3.63, 3.8) is 0 Å². The summed E-state index contributed by atoms with van der Waals surface area (Å²) in [5, 5.41) is 6.32. The zero-order valence-electron chi connectivity index (χ0n) is 20.7. The minimum absolute atomic E-state index is 0.0667. The Kier molecular flexibility index (Phi) is 7.14. The van der Waals surface area contributed by atoms with Crippen molar-refractivity contribution in [2.45, 2.75) is 71.1 Å². The Labute approximate surface area is 204 Å². The molecule has 2 N–H and O–H groups in total. The van der Waals surface area contributed by atoms with Gasteiger partial charge in [0, 0.05) is 44.2 Å². The van der Waals surface area contributed by atoms with Gasteiger partial charge in [0.05, 0.1) is 11.0 Å². The van der Waals surface area contributed by atoms with E-state index in [1.807, 2.05) is 25.1 Å². The molecule has 0 atom stereocenters. The molecule has 0 unspecified atom stereocenters. The Morgan fingerprint density at radius 1 is 1.03 bits per heavy atom. The molecule has 2 amide bonds. The van der Waals surface area contributed by atoms with E-state index in [1.54, 1.807) is 0 Å². The monoisotopic (exact) mass is 467 g/mol. The molecule has 34 heavy (non-hydrogen) atoms. The van der Waals surface area contributed by atoms with Crippen LogP contribution in [0.5, 0.6) is 0 Å². The predicted molar refractivity (Wildman–Crippen MR) is 135 cm³/mol. The molecule has 1 aliphatic heterocycles. The number of amides is 2. The topological polar surface area (TPSA) is 70.7 Å². The Balaban J connectivity index is 1.32. The fraction of sp³-hybridized carbons (Fsp3) is 0.714. The van der Waals surface area contributed by atoms with Crippen LogP contribution in [0.4, 0.5) is 11.4 Å². The van der Waals surface area contributed by atoms with Gasteiger partial charge in [-0.1, -0.05) is 0 Å². The van der Waals surface area contributed by atoms with Crippen molar-refractivity contribution in [1.29, 1.82) is 0 Å². The lowest BCUT2D eigenvalue weighted by Crippen LogP contribution is -2.51. The Bertz CT molecular complexity index is 858. The zero-order valence-corrected chi connectivity index (χ0v) is 20.7. The number of benzene rings is 1. The molecule has 5 aliphatic rings. The van der Waals surface area contributed by atoms with Crippen LogP contribution in [0.3, 0.4) is 0 Å². The number of nitrogens with zero attached hydrogens (tertiary/aromatic N) is 1. The number of anilines is 2. The molecule has 0 spiro atoms. The van der Waals surface area contributed by atoms with Crippen LogP contribution in [0.2, 0.25) is 0 Å². The van der Waals surface area contributed by atoms with Gasteiger partial charge < -0.3 is 20.3 Å². The summed E-state index contributed by atoms with van der Waals surface area (Å²) in [6.07, 6.45) is 11.5. The van der Waals surface area contributed by atoms with E-state index >= 15 is 0 Å². The molecule has 6 nitrogen and oxygen atoms in total. The fourth-order valence-corrected chi connectivity index (χ4v) is 7.47. The van der Waals surface area contributed by atoms with Crippen LogP contribution in [-0.4, -0.2) is 44.7 Å². The maximum atomic E-state index is 13.6. The van der Waals surface area contributed by atoms with Gasteiger partial charge in [-0.15, -0.1) is 0 Å². The second kappa shape index (κ2) is 10.3. The van der Waals surface area contributed by atoms with Gasteiger partial charge in [-0.3, -0.25) is 9.59 Å². The van der Waals surface area contributed by atoms with Crippen LogP contribution in [-0.2, 0) is 9.53 Å². The highest BCUT2D eigenvalue weighted by Gasteiger charge is 2.54. The molecule has 0 aromatic heterocycles. The maximum Gasteiger partial charge on any atom is 0.253 e. The van der Waals surface area contributed by atoms with Gasteiger partial charge in [0.2, 0.25) is 5.91 Å². The summed E-state index contributed by atoms with van der Waals surface area (Å²) in [5.41, 5.74) is 2.21. The molecule has 1 saturated heterocycles. The summed E-state index contributed by atoms with van der Waals surface area (Å²) in [6.45, 7) is 5.86. The first-order chi connectivity index (χ1) is 16.6. The molecule has 4 saturated carbocycles. The van der Waals surface area contributed by atoms with Gasteiger partial charge in [-0.2, -0.15) is 0 Å². The molecule has 4 aliphatic carbocycles. The van der Waals surface area contributed by atoms with Crippen molar-refractivity contribution in [2.24, 2.45) is 23.2 Å². The normalized spacial score (nSPS) is 29.8. The Morgan fingerprint density at radius 3 is 2.35 bits per heavy atom. The van der Waals surface area contributed by atoms with E-state index in [4.69, 9.17) is 4.74 Å². The fourth-order valence-electron chi connectivity index (χ4n) is 7.47. The summed E-state index contributed by atoms with van der Waals surface area (Å²) in [4.78, 5) is 29.1. The summed E-state index contributed by atoms with van der Waals surface area (Å²) >= 11 is 0. The quantitative estimate of drug-likeness (QED) is 0.502. The molecule has 1 aromatic carbocycles. The second-order valence-corrected chi connectivity index (χ2v) is 11.2. The summed E-state index contributed by atoms with van der Waals surface area (Å²) in [5.74, 6) is 2.31. The highest BCUT2D eigenvalue weighted by Crippen LogP contribution is 2.60.